The van der Waals surface area contributed by atoms with Crippen LogP contribution in [0.4, 0.5) is 0 Å². The van der Waals surface area contributed by atoms with Gasteiger partial charge in [0.1, 0.15) is 5.52 Å². The SMILES string of the molecule is C=C(Cl)CNC(=O)c1ccc2c(c1)nnn2CC. The minimum Gasteiger partial charge on any atom is -0.347 e. The van der Waals surface area contributed by atoms with Crippen LogP contribution in [-0.4, -0.2) is 27.4 Å². The highest BCUT2D eigenvalue weighted by atomic mass is 35.5. The van der Waals surface area contributed by atoms with E-state index in [4.69, 9.17) is 11.6 Å². The van der Waals surface area contributed by atoms with Crippen molar-refractivity contribution in [3.05, 3.63) is 35.4 Å². The van der Waals surface area contributed by atoms with Crippen molar-refractivity contribution in [1.82, 2.24) is 20.3 Å². The number of nitrogens with zero attached hydrogens (tertiary/aromatic N) is 3. The predicted octanol–water partition coefficient (Wildman–Crippen LogP) is 1.93. The molecule has 0 aliphatic rings. The monoisotopic (exact) mass is 264 g/mol. The van der Waals surface area contributed by atoms with Gasteiger partial charge in [-0.25, -0.2) is 4.68 Å². The molecule has 0 aliphatic carbocycles. The molecule has 2 aromatic rings. The quantitative estimate of drug-likeness (QED) is 0.918. The Morgan fingerprint density at radius 2 is 2.33 bits per heavy atom. The van der Waals surface area contributed by atoms with Gasteiger partial charge in [-0.3, -0.25) is 4.79 Å². The van der Waals surface area contributed by atoms with E-state index in [-0.39, 0.29) is 12.5 Å². The third kappa shape index (κ3) is 2.51. The first kappa shape index (κ1) is 12.6. The standard InChI is InChI=1S/C12H13ClN4O/c1-3-17-11-5-4-9(6-10(11)15-16-17)12(18)14-7-8(2)13/h4-6H,2-3,7H2,1H3,(H,14,18). The highest BCUT2D eigenvalue weighted by Gasteiger charge is 2.09. The molecule has 0 fully saturated rings. The molecule has 18 heavy (non-hydrogen) atoms. The van der Waals surface area contributed by atoms with Gasteiger partial charge in [0.2, 0.25) is 0 Å². The maximum Gasteiger partial charge on any atom is 0.251 e. The average molecular weight is 265 g/mol. The van der Waals surface area contributed by atoms with Crippen LogP contribution in [-0.2, 0) is 6.54 Å². The average Bonchev–Trinajstić information content (AvgIpc) is 2.77. The summed E-state index contributed by atoms with van der Waals surface area (Å²) in [4.78, 5) is 11.8. The van der Waals surface area contributed by atoms with Gasteiger partial charge in [-0.05, 0) is 25.1 Å². The summed E-state index contributed by atoms with van der Waals surface area (Å²) in [6.45, 7) is 6.49. The van der Waals surface area contributed by atoms with Crippen LogP contribution in [0.3, 0.4) is 0 Å². The van der Waals surface area contributed by atoms with Crippen molar-refractivity contribution in [3.8, 4) is 0 Å². The van der Waals surface area contributed by atoms with Crippen molar-refractivity contribution in [1.29, 1.82) is 0 Å². The fourth-order valence-electron chi connectivity index (χ4n) is 1.63. The zero-order valence-corrected chi connectivity index (χ0v) is 10.7. The van der Waals surface area contributed by atoms with E-state index in [1.807, 2.05) is 13.0 Å². The number of aryl methyl sites for hydroxylation is 1. The lowest BCUT2D eigenvalue weighted by atomic mass is 10.2. The lowest BCUT2D eigenvalue weighted by molar-refractivity contribution is 0.0958. The number of hydrogen-bond donors (Lipinski definition) is 1. The zero-order valence-electron chi connectivity index (χ0n) is 9.98. The van der Waals surface area contributed by atoms with Crippen LogP contribution in [0.2, 0.25) is 0 Å². The zero-order chi connectivity index (χ0) is 13.1. The van der Waals surface area contributed by atoms with Crippen LogP contribution in [0.25, 0.3) is 11.0 Å². The first-order valence-electron chi connectivity index (χ1n) is 5.56. The van der Waals surface area contributed by atoms with Crippen molar-refractivity contribution >= 4 is 28.5 Å². The molecule has 0 radical (unpaired) electrons. The summed E-state index contributed by atoms with van der Waals surface area (Å²) in [5.41, 5.74) is 2.15. The molecule has 1 heterocycles. The van der Waals surface area contributed by atoms with Crippen molar-refractivity contribution in [2.24, 2.45) is 0 Å². The van der Waals surface area contributed by atoms with Crippen molar-refractivity contribution in [3.63, 3.8) is 0 Å². The van der Waals surface area contributed by atoms with Crippen molar-refractivity contribution in [2.45, 2.75) is 13.5 Å². The Bertz CT molecular complexity index is 605. The Morgan fingerprint density at radius 1 is 1.56 bits per heavy atom. The maximum absolute atomic E-state index is 11.8. The number of halogens is 1. The number of carbonyl (C=O) groups excluding carboxylic acids is 1. The molecule has 1 N–H and O–H groups in total. The molecule has 5 nitrogen and oxygen atoms in total. The van der Waals surface area contributed by atoms with Crippen LogP contribution in [0.5, 0.6) is 0 Å². The molecule has 6 heteroatoms. The molecule has 1 aromatic heterocycles. The summed E-state index contributed by atoms with van der Waals surface area (Å²) in [5, 5.41) is 11.1. The molecule has 0 spiro atoms. The number of benzene rings is 1. The number of carbonyl (C=O) groups is 1. The fraction of sp³-hybridized carbons (Fsp3) is 0.250. The Hall–Kier alpha value is -1.88. The first-order chi connectivity index (χ1) is 8.61. The predicted molar refractivity (Wildman–Crippen MR) is 70.5 cm³/mol. The highest BCUT2D eigenvalue weighted by molar-refractivity contribution is 6.29. The van der Waals surface area contributed by atoms with E-state index in [2.05, 4.69) is 22.2 Å². The van der Waals surface area contributed by atoms with E-state index in [1.54, 1.807) is 16.8 Å². The van der Waals surface area contributed by atoms with E-state index in [9.17, 15) is 4.79 Å². The summed E-state index contributed by atoms with van der Waals surface area (Å²) in [6.07, 6.45) is 0. The lowest BCUT2D eigenvalue weighted by Crippen LogP contribution is -2.24. The molecule has 0 atom stereocenters. The van der Waals surface area contributed by atoms with Crippen molar-refractivity contribution < 1.29 is 4.79 Å². The number of aromatic nitrogens is 3. The van der Waals surface area contributed by atoms with Crippen LogP contribution in [0.15, 0.2) is 29.8 Å². The van der Waals surface area contributed by atoms with Gasteiger partial charge in [0.15, 0.2) is 0 Å². The van der Waals surface area contributed by atoms with Gasteiger partial charge in [-0.15, -0.1) is 5.10 Å². The Kier molecular flexibility index (Phi) is 3.62. The normalized spacial score (nSPS) is 10.6. The third-order valence-electron chi connectivity index (χ3n) is 2.52. The van der Waals surface area contributed by atoms with E-state index in [0.29, 0.717) is 16.1 Å². The number of rotatable bonds is 4. The molecule has 0 aliphatic heterocycles. The largest absolute Gasteiger partial charge is 0.347 e. The Labute approximate surface area is 109 Å². The Morgan fingerprint density at radius 3 is 3.00 bits per heavy atom. The van der Waals surface area contributed by atoms with Crippen LogP contribution in [0, 0.1) is 0 Å². The highest BCUT2D eigenvalue weighted by Crippen LogP contribution is 2.13. The summed E-state index contributed by atoms with van der Waals surface area (Å²) >= 11 is 5.59. The molecule has 0 unspecified atom stereocenters. The van der Waals surface area contributed by atoms with E-state index in [1.165, 1.54) is 0 Å². The van der Waals surface area contributed by atoms with Gasteiger partial charge in [0.05, 0.1) is 12.1 Å². The minimum atomic E-state index is -0.204. The number of hydrogen-bond acceptors (Lipinski definition) is 3. The van der Waals surface area contributed by atoms with E-state index < -0.39 is 0 Å². The number of fused-ring (bicyclic) bond motifs is 1. The molecular weight excluding hydrogens is 252 g/mol. The molecule has 1 amide bonds. The summed E-state index contributed by atoms with van der Waals surface area (Å²) in [5.74, 6) is -0.204. The summed E-state index contributed by atoms with van der Waals surface area (Å²) < 4.78 is 1.78. The second kappa shape index (κ2) is 5.18. The van der Waals surface area contributed by atoms with Gasteiger partial charge in [0.25, 0.3) is 5.91 Å². The summed E-state index contributed by atoms with van der Waals surface area (Å²) in [7, 11) is 0. The van der Waals surface area contributed by atoms with Gasteiger partial charge >= 0.3 is 0 Å². The van der Waals surface area contributed by atoms with E-state index >= 15 is 0 Å². The van der Waals surface area contributed by atoms with Crippen molar-refractivity contribution in [2.75, 3.05) is 6.54 Å². The van der Waals surface area contributed by atoms with Crippen LogP contribution < -0.4 is 5.32 Å². The molecule has 2 rings (SSSR count). The number of nitrogens with one attached hydrogen (secondary N) is 1. The third-order valence-corrected chi connectivity index (χ3v) is 2.65. The maximum atomic E-state index is 11.8. The fourth-order valence-corrected chi connectivity index (χ4v) is 1.69. The first-order valence-corrected chi connectivity index (χ1v) is 5.94. The van der Waals surface area contributed by atoms with Gasteiger partial charge in [-0.2, -0.15) is 0 Å². The Balaban J connectivity index is 2.24. The van der Waals surface area contributed by atoms with Crippen LogP contribution >= 0.6 is 11.6 Å². The van der Waals surface area contributed by atoms with Gasteiger partial charge < -0.3 is 5.32 Å². The van der Waals surface area contributed by atoms with Crippen LogP contribution in [0.1, 0.15) is 17.3 Å². The molecule has 0 saturated heterocycles. The molecule has 0 bridgehead atoms. The lowest BCUT2D eigenvalue weighted by Gasteiger charge is -2.03. The second-order valence-corrected chi connectivity index (χ2v) is 4.34. The number of amides is 1. The van der Waals surface area contributed by atoms with Gasteiger partial charge in [0, 0.05) is 17.1 Å². The van der Waals surface area contributed by atoms with Gasteiger partial charge in [-0.1, -0.05) is 23.4 Å². The topological polar surface area (TPSA) is 59.8 Å². The summed E-state index contributed by atoms with van der Waals surface area (Å²) in [6, 6.07) is 5.29. The molecular formula is C12H13ClN4O. The molecule has 1 aromatic carbocycles. The van der Waals surface area contributed by atoms with E-state index in [0.717, 1.165) is 12.1 Å². The molecule has 0 saturated carbocycles. The molecule has 94 valence electrons. The smallest absolute Gasteiger partial charge is 0.251 e. The minimum absolute atomic E-state index is 0.204. The second-order valence-electron chi connectivity index (χ2n) is 3.81.